The fourth-order valence-electron chi connectivity index (χ4n) is 16.8. The molecule has 3 amide bonds. The molecule has 0 bridgehead atoms. The highest BCUT2D eigenvalue weighted by molar-refractivity contribution is 8.00. The molecule has 0 spiro atoms. The second kappa shape index (κ2) is 58.4. The zero-order valence-corrected chi connectivity index (χ0v) is 81.9. The van der Waals surface area contributed by atoms with Gasteiger partial charge in [0.15, 0.2) is 106 Å². The maximum absolute atomic E-state index is 14.3. The van der Waals surface area contributed by atoms with E-state index < -0.39 is 332 Å². The number of hydrogen-bond donors (Lipinski definition) is 4. The van der Waals surface area contributed by atoms with Crippen molar-refractivity contribution in [2.24, 2.45) is 0 Å². The lowest BCUT2D eigenvalue weighted by Crippen LogP contribution is -2.69. The van der Waals surface area contributed by atoms with Gasteiger partial charge < -0.3 is 183 Å². The Morgan fingerprint density at radius 2 is 0.681 bits per heavy atom. The summed E-state index contributed by atoms with van der Waals surface area (Å²) in [6.45, 7) is -5.87. The number of carbonyl (C=O) groups excluding carboxylic acids is 2. The number of methoxy groups -OCH3 is 13. The molecule has 9 rings (SSSR count). The number of ether oxygens (including phenoxy) is 26. The third-order valence-electron chi connectivity index (χ3n) is 22.4. The molecular formula is C65H105N3O61S9-8. The van der Waals surface area contributed by atoms with Crippen LogP contribution in [-0.2, 0) is 241 Å². The molecule has 73 heteroatoms. The summed E-state index contributed by atoms with van der Waals surface area (Å²) in [6, 6.07) is -0.641. The van der Waals surface area contributed by atoms with Crippen LogP contribution in [0.1, 0.15) is 25.7 Å². The normalized spacial score (nSPS) is 38.3. The maximum atomic E-state index is 14.3. The van der Waals surface area contributed by atoms with Gasteiger partial charge in [-0.3, -0.25) is 58.4 Å². The van der Waals surface area contributed by atoms with Crippen molar-refractivity contribution in [3.8, 4) is 0 Å². The third-order valence-corrected chi connectivity index (χ3v) is 27.3. The third kappa shape index (κ3) is 33.4. The van der Waals surface area contributed by atoms with E-state index >= 15 is 0 Å². The Balaban J connectivity index is 1.04. The second-order valence-corrected chi connectivity index (χ2v) is 37.4. The summed E-state index contributed by atoms with van der Waals surface area (Å²) in [4.78, 5) is 26.5. The van der Waals surface area contributed by atoms with Gasteiger partial charge in [0.25, 0.3) is 0 Å². The van der Waals surface area contributed by atoms with E-state index in [1.54, 1.807) is 11.8 Å². The Kier molecular flexibility index (Phi) is 50.7. The highest BCUT2D eigenvalue weighted by Gasteiger charge is 2.63. The van der Waals surface area contributed by atoms with Crippen LogP contribution < -0.4 is 37.0 Å². The fraction of sp³-hybridized carbons (Fsp3) is 0.969. The Bertz CT molecular complexity index is 4030. The maximum Gasteiger partial charge on any atom is 0.315 e. The van der Waals surface area contributed by atoms with Crippen LogP contribution in [0.4, 0.5) is 4.79 Å². The Hall–Kier alpha value is -1.75. The Morgan fingerprint density at radius 1 is 0.377 bits per heavy atom. The number of rotatable bonds is 62. The van der Waals surface area contributed by atoms with Gasteiger partial charge in [-0.2, -0.15) is 11.8 Å². The Morgan fingerprint density at radius 3 is 1.04 bits per heavy atom. The van der Waals surface area contributed by atoms with Crippen LogP contribution in [0.3, 0.4) is 0 Å². The van der Waals surface area contributed by atoms with Crippen molar-refractivity contribution in [2.75, 3.05) is 144 Å². The van der Waals surface area contributed by atoms with Gasteiger partial charge in [-0.25, -0.2) is 38.5 Å². The molecule has 808 valence electrons. The summed E-state index contributed by atoms with van der Waals surface area (Å²) in [5.74, 6) is -0.0395. The molecule has 9 aliphatic rings. The minimum atomic E-state index is -6.31. The van der Waals surface area contributed by atoms with Crippen LogP contribution >= 0.6 is 61.1 Å². The van der Waals surface area contributed by atoms with Crippen LogP contribution in [0, 0.1) is 0 Å². The SMILES string of the molecule is COCC1O[C@@H](O[C@H]2C(OC)C(OC)[C@@H](O[C@H]3C(OC)C(OC)[C@@H](O[C@H]4C(COS(=O)(=O)[O-])O[C@@H](O)C(OC)[C@H]4OC)O[C@@H]3COC)O[C@@H]2COC)C(OC)[C@@H](OC)[C@H]1O[C@@H]1OC(CNC(=O)CCCCC2SCC3NC(=O)NC32)[C@H](O[C@H]2O[C@H](COS(=O)(=O)[O-])[C@@H](O[C@H]3O[C@H](COS(=O)(=O)[O-])[C@@H](OSOO[O-])C(OSOO[O-])C3OSOO[O-])C(OSOO[O-])C2OS(=O)(=O)[O-])[C@H](OC)C1OC. The van der Waals surface area contributed by atoms with Crippen molar-refractivity contribution in [3.63, 3.8) is 0 Å². The van der Waals surface area contributed by atoms with E-state index in [9.17, 15) is 87.6 Å². The highest BCUT2D eigenvalue weighted by atomic mass is 32.3. The summed E-state index contributed by atoms with van der Waals surface area (Å²) >= 11 is -0.174. The standard InChI is InChI=1S/C65H113N3O61S9/c1-88-19-28-38(46(93-6)53(98-11)60(106-28)113-39-29(20-89-2)107-61(54(99-12)47(39)94-7)114-40-30(21-90-3)108-62(55(100-13)48(40)95-8)115-41-31(22-101-135(76,77)78)104-58(70)51(96-9)44(41)91-4)112-59-52(97-10)45(92-5)37(27(105-59)18-66-35(69)17-15-14-16-34-36-26(25-130-34)67-65(71)68-36)111-64-57(121-138(85,86)87)49(118-132-127-123-73)42(32(109-64)23-102-136(79,80)81)116-63-56(120-134-129-125-75)50(119-133-128-124-74)43(117-131-126-122-72)33(110-63)24-103-137(82,83)84/h26-34,36-64,70,72-75H,14-25H2,1-13H3,(H,66,69)(H2,67,68,71)(H,76,77,78)(H,79,80,81)(H,82,83,84)(H,85,86,87)/p-8/t26?,27?,28?,29-,30-,31?,32-,33-,34?,36?,37+,38+,39-,40-,41+,42-,43-,44+,45+,46+,47?,48?,49?,50?,51?,52?,53?,54?,55?,56?,57?,58-,59+,60+,61-,62-,63-,64-/m1/s1. The van der Waals surface area contributed by atoms with E-state index in [2.05, 4.69) is 66.0 Å². The van der Waals surface area contributed by atoms with Gasteiger partial charge in [0.2, 0.25) is 47.5 Å². The van der Waals surface area contributed by atoms with Crippen molar-refractivity contribution in [1.29, 1.82) is 0 Å². The first kappa shape index (κ1) is 120. The summed E-state index contributed by atoms with van der Waals surface area (Å²) in [6.07, 6.45) is -60.9. The molecule has 0 saturated carbocycles. The zero-order valence-electron chi connectivity index (χ0n) is 74.5. The van der Waals surface area contributed by atoms with E-state index in [0.29, 0.717) is 18.6 Å². The first-order valence-corrected chi connectivity index (χ1v) is 49.5. The molecule has 9 fully saturated rings. The number of unbranched alkanes of at least 4 members (excludes halogenated alkanes) is 1. The lowest BCUT2D eigenvalue weighted by molar-refractivity contribution is -0.778. The van der Waals surface area contributed by atoms with Crippen molar-refractivity contribution >= 4 is 115 Å². The van der Waals surface area contributed by atoms with Gasteiger partial charge in [0.05, 0.1) is 51.7 Å². The molecule has 64 nitrogen and oxygen atoms in total. The molecule has 0 aromatic heterocycles. The molecule has 9 heterocycles. The summed E-state index contributed by atoms with van der Waals surface area (Å²) in [7, 11) is -7.11. The highest BCUT2D eigenvalue weighted by Crippen LogP contribution is 2.45. The smallest absolute Gasteiger partial charge is 0.315 e. The summed E-state index contributed by atoms with van der Waals surface area (Å²) in [5.41, 5.74) is 0. The molecule has 38 atom stereocenters. The fourth-order valence-corrected chi connectivity index (χ4v) is 21.2. The first-order valence-electron chi connectivity index (χ1n) is 40.4. The van der Waals surface area contributed by atoms with Crippen molar-refractivity contribution in [1.82, 2.24) is 16.0 Å². The average molecular weight is 2190 g/mol. The van der Waals surface area contributed by atoms with Gasteiger partial charge in [-0.15, -0.1) is 17.3 Å². The molecule has 17 unspecified atom stereocenters. The van der Waals surface area contributed by atoms with Gasteiger partial charge in [0.1, 0.15) is 159 Å². The molecule has 9 aliphatic heterocycles. The molecule has 0 aliphatic carbocycles. The first-order chi connectivity index (χ1) is 65.9. The largest absolute Gasteiger partial charge is 0.726 e. The van der Waals surface area contributed by atoms with Crippen molar-refractivity contribution in [2.45, 2.75) is 258 Å². The van der Waals surface area contributed by atoms with Gasteiger partial charge in [-0.05, 0) is 12.8 Å². The minimum Gasteiger partial charge on any atom is -0.726 e. The second-order valence-electron chi connectivity index (χ2n) is 30.1. The molecule has 0 radical (unpaired) electrons. The van der Waals surface area contributed by atoms with E-state index in [1.165, 1.54) is 78.2 Å². The van der Waals surface area contributed by atoms with E-state index in [0.717, 1.165) is 14.2 Å². The van der Waals surface area contributed by atoms with E-state index in [4.69, 9.17) is 144 Å². The average Bonchev–Trinajstić information content (AvgIpc) is 1.10. The van der Waals surface area contributed by atoms with Gasteiger partial charge >= 0.3 is 6.03 Å². The quantitative estimate of drug-likeness (QED) is 0.00835. The van der Waals surface area contributed by atoms with Gasteiger partial charge in [-0.1, -0.05) is 6.42 Å². The Labute approximate surface area is 810 Å². The van der Waals surface area contributed by atoms with Crippen LogP contribution in [0.15, 0.2) is 0 Å². The van der Waals surface area contributed by atoms with Crippen LogP contribution in [0.2, 0.25) is 0 Å². The van der Waals surface area contributed by atoms with Crippen LogP contribution in [-0.4, -0.2) is 446 Å². The summed E-state index contributed by atoms with van der Waals surface area (Å²) < 4.78 is 368. The molecule has 138 heavy (non-hydrogen) atoms. The number of fused-ring (bicyclic) bond motifs is 1. The molecule has 4 N–H and O–H groups in total. The lowest BCUT2D eigenvalue weighted by Gasteiger charge is -2.52. The van der Waals surface area contributed by atoms with Gasteiger partial charge in [0, 0.05) is 116 Å². The molecule has 0 aromatic rings. The lowest BCUT2D eigenvalue weighted by atomic mass is 9.94. The molecule has 0 aromatic carbocycles. The number of aliphatic hydroxyl groups excluding tert-OH is 1. The number of carbonyl (C=O) groups is 2. The van der Waals surface area contributed by atoms with Crippen molar-refractivity contribution < 1.29 is 282 Å². The number of aliphatic hydroxyl groups is 1. The topological polar surface area (TPSA) is 799 Å². The van der Waals surface area contributed by atoms with Crippen molar-refractivity contribution in [3.05, 3.63) is 0 Å². The van der Waals surface area contributed by atoms with Crippen LogP contribution in [0.5, 0.6) is 0 Å². The number of amides is 3. The predicted molar refractivity (Wildman–Crippen MR) is 423 cm³/mol. The predicted octanol–water partition coefficient (Wildman–Crippen LogP) is -9.74. The number of urea groups is 1. The number of thioether (sulfide) groups is 1. The minimum absolute atomic E-state index is 0.0272. The molecule has 9 saturated heterocycles. The number of nitrogens with one attached hydrogen (secondary N) is 3. The molecular weight excluding hydrogens is 2090 g/mol. The zero-order chi connectivity index (χ0) is 101. The summed E-state index contributed by atoms with van der Waals surface area (Å²) in [5, 5.41) is 77.3. The van der Waals surface area contributed by atoms with E-state index in [-0.39, 0.29) is 61.7 Å². The van der Waals surface area contributed by atoms with E-state index in [1.807, 2.05) is 0 Å². The number of hydrogen-bond acceptors (Lipinski definition) is 66. The monoisotopic (exact) mass is 2190 g/mol. The van der Waals surface area contributed by atoms with Crippen LogP contribution in [0.25, 0.3) is 0 Å².